The molecule has 1 aromatic carbocycles. The van der Waals surface area contributed by atoms with E-state index in [1.54, 1.807) is 47.0 Å². The average Bonchev–Trinajstić information content (AvgIpc) is 3.42. The van der Waals surface area contributed by atoms with Gasteiger partial charge in [-0.3, -0.25) is 14.9 Å². The average molecular weight is 484 g/mol. The maximum atomic E-state index is 12.7. The summed E-state index contributed by atoms with van der Waals surface area (Å²) in [6, 6.07) is 10.3. The van der Waals surface area contributed by atoms with Crippen molar-refractivity contribution in [1.82, 2.24) is 15.3 Å². The van der Waals surface area contributed by atoms with E-state index in [9.17, 15) is 14.4 Å². The molecular formula is C22H17N3O4S3. The highest BCUT2D eigenvalue weighted by molar-refractivity contribution is 7.99. The summed E-state index contributed by atoms with van der Waals surface area (Å²) in [7, 11) is 0. The van der Waals surface area contributed by atoms with Crippen LogP contribution in [0.1, 0.15) is 30.5 Å². The molecule has 3 heterocycles. The lowest BCUT2D eigenvalue weighted by Crippen LogP contribution is -2.33. The Labute approximate surface area is 195 Å². The lowest BCUT2D eigenvalue weighted by atomic mass is 10.2. The third kappa shape index (κ3) is 4.72. The van der Waals surface area contributed by atoms with E-state index in [-0.39, 0.29) is 0 Å². The Morgan fingerprint density at radius 2 is 1.91 bits per heavy atom. The normalized spacial score (nSPS) is 10.8. The number of imide groups is 1. The SMILES string of the molecule is Cc1sc2ncnc(Sc3ccccc3C(=O)OCC(=O)NC(=O)c3cccs3)c2c1C. The molecule has 0 spiro atoms. The van der Waals surface area contributed by atoms with Gasteiger partial charge in [-0.1, -0.05) is 30.0 Å². The minimum Gasteiger partial charge on any atom is -0.452 e. The molecule has 0 saturated carbocycles. The van der Waals surface area contributed by atoms with E-state index in [0.717, 1.165) is 25.7 Å². The fourth-order valence-electron chi connectivity index (χ4n) is 2.90. The quantitative estimate of drug-likeness (QED) is 0.315. The molecule has 0 bridgehead atoms. The van der Waals surface area contributed by atoms with E-state index in [2.05, 4.69) is 15.3 Å². The van der Waals surface area contributed by atoms with Crippen LogP contribution in [0.5, 0.6) is 0 Å². The highest BCUT2D eigenvalue weighted by atomic mass is 32.2. The molecule has 10 heteroatoms. The van der Waals surface area contributed by atoms with Crippen molar-refractivity contribution in [2.24, 2.45) is 0 Å². The fourth-order valence-corrected chi connectivity index (χ4v) is 5.65. The summed E-state index contributed by atoms with van der Waals surface area (Å²) in [4.78, 5) is 48.5. The summed E-state index contributed by atoms with van der Waals surface area (Å²) in [6.07, 6.45) is 1.51. The number of thiophene rings is 2. The summed E-state index contributed by atoms with van der Waals surface area (Å²) in [5.41, 5.74) is 1.42. The van der Waals surface area contributed by atoms with Crippen molar-refractivity contribution in [3.8, 4) is 0 Å². The number of benzene rings is 1. The third-order valence-corrected chi connectivity index (χ3v) is 7.64. The van der Waals surface area contributed by atoms with Crippen LogP contribution >= 0.6 is 34.4 Å². The Bertz CT molecular complexity index is 1320. The van der Waals surface area contributed by atoms with Crippen LogP contribution in [0.25, 0.3) is 10.2 Å². The number of hydrogen-bond acceptors (Lipinski definition) is 9. The number of nitrogens with one attached hydrogen (secondary N) is 1. The van der Waals surface area contributed by atoms with Gasteiger partial charge in [-0.05, 0) is 43.0 Å². The van der Waals surface area contributed by atoms with Crippen molar-refractivity contribution in [2.75, 3.05) is 6.61 Å². The number of amides is 2. The number of carbonyl (C=O) groups is 3. The summed E-state index contributed by atoms with van der Waals surface area (Å²) < 4.78 is 5.16. The highest BCUT2D eigenvalue weighted by Gasteiger charge is 2.19. The van der Waals surface area contributed by atoms with Crippen molar-refractivity contribution in [3.63, 3.8) is 0 Å². The van der Waals surface area contributed by atoms with Gasteiger partial charge >= 0.3 is 5.97 Å². The molecule has 162 valence electrons. The largest absolute Gasteiger partial charge is 0.452 e. The van der Waals surface area contributed by atoms with Gasteiger partial charge in [-0.2, -0.15) is 0 Å². The standard InChI is InChI=1S/C22H17N3O4S3/c1-12-13(2)31-20-18(12)21(24-11-23-20)32-15-7-4-3-6-14(15)22(28)29-10-17(26)25-19(27)16-8-5-9-30-16/h3-9,11H,10H2,1-2H3,(H,25,26,27). The summed E-state index contributed by atoms with van der Waals surface area (Å²) >= 11 is 4.16. The van der Waals surface area contributed by atoms with Gasteiger partial charge in [-0.15, -0.1) is 22.7 Å². The van der Waals surface area contributed by atoms with E-state index in [4.69, 9.17) is 4.74 Å². The number of ether oxygens (including phenoxy) is 1. The van der Waals surface area contributed by atoms with Crippen molar-refractivity contribution >= 4 is 62.4 Å². The Hall–Kier alpha value is -3.08. The van der Waals surface area contributed by atoms with Crippen LogP contribution in [0, 0.1) is 13.8 Å². The van der Waals surface area contributed by atoms with Crippen LogP contribution in [0.2, 0.25) is 0 Å². The van der Waals surface area contributed by atoms with Gasteiger partial charge in [0.1, 0.15) is 16.2 Å². The molecule has 32 heavy (non-hydrogen) atoms. The molecule has 2 amide bonds. The van der Waals surface area contributed by atoms with E-state index in [1.807, 2.05) is 19.9 Å². The Morgan fingerprint density at radius 1 is 1.09 bits per heavy atom. The molecule has 7 nitrogen and oxygen atoms in total. The number of rotatable bonds is 6. The predicted octanol–water partition coefficient (Wildman–Crippen LogP) is 4.63. The van der Waals surface area contributed by atoms with Crippen molar-refractivity contribution < 1.29 is 19.1 Å². The molecule has 4 rings (SSSR count). The first-order valence-electron chi connectivity index (χ1n) is 9.46. The molecule has 0 unspecified atom stereocenters. The second-order valence-corrected chi connectivity index (χ2v) is 9.85. The van der Waals surface area contributed by atoms with Crippen LogP contribution in [0.15, 0.2) is 58.0 Å². The Balaban J connectivity index is 1.47. The number of carbonyl (C=O) groups excluding carboxylic acids is 3. The van der Waals surface area contributed by atoms with Crippen LogP contribution in [-0.2, 0) is 9.53 Å². The molecule has 0 atom stereocenters. The zero-order valence-electron chi connectivity index (χ0n) is 17.1. The lowest BCUT2D eigenvalue weighted by molar-refractivity contribution is -0.123. The van der Waals surface area contributed by atoms with Crippen molar-refractivity contribution in [1.29, 1.82) is 0 Å². The highest BCUT2D eigenvalue weighted by Crippen LogP contribution is 2.38. The molecule has 4 aromatic rings. The maximum Gasteiger partial charge on any atom is 0.339 e. The summed E-state index contributed by atoms with van der Waals surface area (Å²) in [6.45, 7) is 3.50. The van der Waals surface area contributed by atoms with Crippen molar-refractivity contribution in [2.45, 2.75) is 23.8 Å². The molecule has 0 aliphatic heterocycles. The van der Waals surface area contributed by atoms with Crippen molar-refractivity contribution in [3.05, 3.63) is 69.0 Å². The third-order valence-electron chi connectivity index (χ3n) is 4.58. The van der Waals surface area contributed by atoms with E-state index < -0.39 is 24.4 Å². The monoisotopic (exact) mass is 483 g/mol. The van der Waals surface area contributed by atoms with Gasteiger partial charge in [0.05, 0.1) is 10.4 Å². The molecular weight excluding hydrogens is 466 g/mol. The zero-order valence-corrected chi connectivity index (χ0v) is 19.5. The van der Waals surface area contributed by atoms with E-state index >= 15 is 0 Å². The Kier molecular flexibility index (Phi) is 6.63. The summed E-state index contributed by atoms with van der Waals surface area (Å²) in [5.74, 6) is -1.87. The van der Waals surface area contributed by atoms with Gasteiger partial charge in [0, 0.05) is 15.2 Å². The smallest absolute Gasteiger partial charge is 0.339 e. The second kappa shape index (κ2) is 9.60. The molecule has 0 fully saturated rings. The molecule has 0 radical (unpaired) electrons. The minimum absolute atomic E-state index is 0.311. The number of aromatic nitrogens is 2. The molecule has 0 aliphatic carbocycles. The Morgan fingerprint density at radius 3 is 2.69 bits per heavy atom. The lowest BCUT2D eigenvalue weighted by Gasteiger charge is -2.10. The second-order valence-electron chi connectivity index (χ2n) is 6.67. The number of fused-ring (bicyclic) bond motifs is 1. The van der Waals surface area contributed by atoms with E-state index in [0.29, 0.717) is 15.3 Å². The summed E-state index contributed by atoms with van der Waals surface area (Å²) in [5, 5.41) is 5.65. The molecule has 3 aromatic heterocycles. The zero-order chi connectivity index (χ0) is 22.7. The molecule has 0 saturated heterocycles. The van der Waals surface area contributed by atoms with E-state index in [1.165, 1.54) is 29.4 Å². The first-order valence-corrected chi connectivity index (χ1v) is 12.0. The minimum atomic E-state index is -0.691. The van der Waals surface area contributed by atoms with Crippen LogP contribution in [0.4, 0.5) is 0 Å². The molecule has 1 N–H and O–H groups in total. The number of nitrogens with zero attached hydrogens (tertiary/aromatic N) is 2. The molecule has 0 aliphatic rings. The number of esters is 1. The fraction of sp³-hybridized carbons (Fsp3) is 0.136. The van der Waals surface area contributed by atoms with Gasteiger partial charge in [0.2, 0.25) is 0 Å². The first-order chi connectivity index (χ1) is 15.4. The first kappa shape index (κ1) is 22.1. The van der Waals surface area contributed by atoms with Gasteiger partial charge in [0.25, 0.3) is 11.8 Å². The number of aryl methyl sites for hydroxylation is 2. The van der Waals surface area contributed by atoms with Gasteiger partial charge in [-0.25, -0.2) is 14.8 Å². The van der Waals surface area contributed by atoms with Gasteiger partial charge < -0.3 is 4.74 Å². The number of hydrogen-bond donors (Lipinski definition) is 1. The predicted molar refractivity (Wildman–Crippen MR) is 125 cm³/mol. The van der Waals surface area contributed by atoms with Crippen LogP contribution in [0.3, 0.4) is 0 Å². The van der Waals surface area contributed by atoms with Crippen LogP contribution in [-0.4, -0.2) is 34.4 Å². The topological polar surface area (TPSA) is 98.2 Å². The van der Waals surface area contributed by atoms with Crippen LogP contribution < -0.4 is 5.32 Å². The maximum absolute atomic E-state index is 12.7. The van der Waals surface area contributed by atoms with Gasteiger partial charge in [0.15, 0.2) is 6.61 Å².